The van der Waals surface area contributed by atoms with Gasteiger partial charge in [-0.1, -0.05) is 71.1 Å². The lowest BCUT2D eigenvalue weighted by Crippen LogP contribution is -2.41. The van der Waals surface area contributed by atoms with Gasteiger partial charge in [-0.3, -0.25) is 9.59 Å². The lowest BCUT2D eigenvalue weighted by Gasteiger charge is -2.09. The van der Waals surface area contributed by atoms with E-state index in [0.29, 0.717) is 6.42 Å². The summed E-state index contributed by atoms with van der Waals surface area (Å²) < 4.78 is 0. The summed E-state index contributed by atoms with van der Waals surface area (Å²) in [6.07, 6.45) is 13.9. The van der Waals surface area contributed by atoms with Crippen molar-refractivity contribution in [3.05, 3.63) is 0 Å². The summed E-state index contributed by atoms with van der Waals surface area (Å²) in [5, 5.41) is 11.4. The van der Waals surface area contributed by atoms with Crippen molar-refractivity contribution in [3.8, 4) is 0 Å². The fraction of sp³-hybridized carbons (Fsp3) is 0.882. The Morgan fingerprint density at radius 3 is 1.64 bits per heavy atom. The number of nitrogens with one attached hydrogen (secondary N) is 1. The minimum atomic E-state index is -1.08. The SMILES string of the molecule is CCCCCCCCCCCCCC(=O)C(NC)C(=O)O.[NH4+]. The highest BCUT2D eigenvalue weighted by Crippen LogP contribution is 2.12. The number of hydrogen-bond donors (Lipinski definition) is 3. The highest BCUT2D eigenvalue weighted by molar-refractivity contribution is 6.02. The molecule has 0 rings (SSSR count). The molecule has 0 radical (unpaired) electrons. The second-order valence-electron chi connectivity index (χ2n) is 5.81. The Hall–Kier alpha value is -0.940. The van der Waals surface area contributed by atoms with Crippen molar-refractivity contribution < 1.29 is 14.7 Å². The van der Waals surface area contributed by atoms with Gasteiger partial charge in [0.05, 0.1) is 0 Å². The number of ketones is 1. The summed E-state index contributed by atoms with van der Waals surface area (Å²) in [5.41, 5.74) is 0. The van der Waals surface area contributed by atoms with Gasteiger partial charge in [-0.2, -0.15) is 0 Å². The molecule has 0 heterocycles. The average molecular weight is 317 g/mol. The molecule has 1 atom stereocenters. The normalized spacial score (nSPS) is 11.7. The lowest BCUT2D eigenvalue weighted by molar-refractivity contribution is -0.143. The Kier molecular flexibility index (Phi) is 17.4. The van der Waals surface area contributed by atoms with Crippen molar-refractivity contribution in [3.63, 3.8) is 0 Å². The number of likely N-dealkylation sites (N-methyl/N-ethyl adjacent to an activating group) is 1. The molecule has 0 saturated heterocycles. The van der Waals surface area contributed by atoms with E-state index in [1.54, 1.807) is 0 Å². The van der Waals surface area contributed by atoms with Crippen LogP contribution in [-0.2, 0) is 9.59 Å². The molecule has 0 aliphatic rings. The zero-order chi connectivity index (χ0) is 15.9. The number of aliphatic carboxylic acids is 1. The number of hydrogen-bond acceptors (Lipinski definition) is 3. The first-order valence-corrected chi connectivity index (χ1v) is 8.56. The second-order valence-corrected chi connectivity index (χ2v) is 5.81. The van der Waals surface area contributed by atoms with Gasteiger partial charge < -0.3 is 16.6 Å². The Bertz CT molecular complexity index is 283. The molecule has 0 aliphatic heterocycles. The Morgan fingerprint density at radius 1 is 0.864 bits per heavy atom. The smallest absolute Gasteiger partial charge is 0.328 e. The van der Waals surface area contributed by atoms with Crippen LogP contribution < -0.4 is 11.5 Å². The zero-order valence-corrected chi connectivity index (χ0v) is 14.8. The van der Waals surface area contributed by atoms with Crippen LogP contribution in [0.2, 0.25) is 0 Å². The first-order chi connectivity index (χ1) is 10.1. The number of carboxylic acids is 1. The fourth-order valence-corrected chi connectivity index (χ4v) is 2.53. The zero-order valence-electron chi connectivity index (χ0n) is 14.8. The van der Waals surface area contributed by atoms with E-state index >= 15 is 0 Å². The van der Waals surface area contributed by atoms with Crippen molar-refractivity contribution in [1.29, 1.82) is 0 Å². The summed E-state index contributed by atoms with van der Waals surface area (Å²) >= 11 is 0. The Labute approximate surface area is 135 Å². The number of rotatable bonds is 15. The molecule has 22 heavy (non-hydrogen) atoms. The standard InChI is InChI=1S/C17H33NO3.H3N/c1-3-4-5-6-7-8-9-10-11-12-13-14-15(19)16(18-2)17(20)21;/h16,18H,3-14H2,1-2H3,(H,20,21);1H3/p+1. The van der Waals surface area contributed by atoms with Gasteiger partial charge in [0.1, 0.15) is 0 Å². The molecular weight excluding hydrogens is 280 g/mol. The second kappa shape index (κ2) is 16.4. The molecule has 0 aromatic heterocycles. The molecule has 0 bridgehead atoms. The van der Waals surface area contributed by atoms with Gasteiger partial charge in [0.2, 0.25) is 0 Å². The lowest BCUT2D eigenvalue weighted by atomic mass is 10.0. The predicted octanol–water partition coefficient (Wildman–Crippen LogP) is 4.31. The van der Waals surface area contributed by atoms with E-state index in [1.165, 1.54) is 58.4 Å². The molecule has 1 unspecified atom stereocenters. The molecule has 0 aromatic rings. The first kappa shape index (κ1) is 23.3. The number of Topliss-reactive ketones (excluding diaryl/α,β-unsaturated/α-hetero) is 1. The number of carbonyl (C=O) groups is 2. The molecule has 0 aliphatic carbocycles. The molecule has 0 aromatic carbocycles. The van der Waals surface area contributed by atoms with E-state index in [-0.39, 0.29) is 11.9 Å². The molecule has 132 valence electrons. The van der Waals surface area contributed by atoms with E-state index in [1.807, 2.05) is 0 Å². The minimum absolute atomic E-state index is 0. The summed E-state index contributed by atoms with van der Waals surface area (Å²) in [5.74, 6) is -1.29. The topological polar surface area (TPSA) is 103 Å². The third-order valence-corrected chi connectivity index (χ3v) is 3.88. The predicted molar refractivity (Wildman–Crippen MR) is 92.6 cm³/mol. The number of carboxylic acid groups (broad SMARTS) is 1. The highest BCUT2D eigenvalue weighted by Gasteiger charge is 2.22. The number of carbonyl (C=O) groups excluding carboxylic acids is 1. The van der Waals surface area contributed by atoms with Crippen molar-refractivity contribution in [2.75, 3.05) is 7.05 Å². The van der Waals surface area contributed by atoms with Crippen molar-refractivity contribution in [1.82, 2.24) is 11.5 Å². The van der Waals surface area contributed by atoms with Gasteiger partial charge in [-0.05, 0) is 13.5 Å². The maximum atomic E-state index is 11.6. The number of unbranched alkanes of at least 4 members (excludes halogenated alkanes) is 10. The summed E-state index contributed by atoms with van der Waals surface area (Å²) in [7, 11) is 1.51. The van der Waals surface area contributed by atoms with Crippen LogP contribution in [0.5, 0.6) is 0 Å². The molecule has 5 heteroatoms. The van der Waals surface area contributed by atoms with Crippen LogP contribution in [0, 0.1) is 0 Å². The maximum absolute atomic E-state index is 11.6. The van der Waals surface area contributed by atoms with E-state index in [4.69, 9.17) is 5.11 Å². The first-order valence-electron chi connectivity index (χ1n) is 8.56. The van der Waals surface area contributed by atoms with Gasteiger partial charge >= 0.3 is 5.97 Å². The van der Waals surface area contributed by atoms with Crippen molar-refractivity contribution in [2.45, 2.75) is 90.0 Å². The molecule has 0 spiro atoms. The van der Waals surface area contributed by atoms with Crippen LogP contribution in [0.1, 0.15) is 84.0 Å². The van der Waals surface area contributed by atoms with Crippen molar-refractivity contribution >= 4 is 11.8 Å². The largest absolute Gasteiger partial charge is 0.480 e. The van der Waals surface area contributed by atoms with Crippen LogP contribution in [0.15, 0.2) is 0 Å². The quantitative estimate of drug-likeness (QED) is 0.309. The van der Waals surface area contributed by atoms with Gasteiger partial charge in [0.15, 0.2) is 11.8 Å². The summed E-state index contributed by atoms with van der Waals surface area (Å²) in [6.45, 7) is 2.24. The van der Waals surface area contributed by atoms with Gasteiger partial charge in [0.25, 0.3) is 0 Å². The molecule has 0 saturated carbocycles. The van der Waals surface area contributed by atoms with Gasteiger partial charge in [0, 0.05) is 6.42 Å². The summed E-state index contributed by atoms with van der Waals surface area (Å²) in [4.78, 5) is 22.4. The molecule has 6 N–H and O–H groups in total. The van der Waals surface area contributed by atoms with Crippen molar-refractivity contribution in [2.24, 2.45) is 0 Å². The molecule has 5 nitrogen and oxygen atoms in total. The molecule has 0 fully saturated rings. The number of quaternary nitrogens is 1. The van der Waals surface area contributed by atoms with Gasteiger partial charge in [-0.15, -0.1) is 0 Å². The minimum Gasteiger partial charge on any atom is -0.480 e. The third-order valence-electron chi connectivity index (χ3n) is 3.88. The van der Waals surface area contributed by atoms with E-state index in [0.717, 1.165) is 19.3 Å². The van der Waals surface area contributed by atoms with Crippen LogP contribution in [0.4, 0.5) is 0 Å². The van der Waals surface area contributed by atoms with E-state index in [2.05, 4.69) is 12.2 Å². The Morgan fingerprint density at radius 2 is 1.27 bits per heavy atom. The average Bonchev–Trinajstić information content (AvgIpc) is 2.45. The molecule has 0 amide bonds. The maximum Gasteiger partial charge on any atom is 0.328 e. The van der Waals surface area contributed by atoms with E-state index < -0.39 is 12.0 Å². The fourth-order valence-electron chi connectivity index (χ4n) is 2.53. The van der Waals surface area contributed by atoms with Crippen LogP contribution in [0.25, 0.3) is 0 Å². The highest BCUT2D eigenvalue weighted by atomic mass is 16.4. The third kappa shape index (κ3) is 12.8. The Balaban J connectivity index is 0. The molecular formula is C17H37N2O3+. The van der Waals surface area contributed by atoms with Crippen LogP contribution >= 0.6 is 0 Å². The van der Waals surface area contributed by atoms with E-state index in [9.17, 15) is 9.59 Å². The monoisotopic (exact) mass is 317 g/mol. The van der Waals surface area contributed by atoms with Crippen LogP contribution in [0.3, 0.4) is 0 Å². The summed E-state index contributed by atoms with van der Waals surface area (Å²) in [6, 6.07) is -1.03. The van der Waals surface area contributed by atoms with Crippen LogP contribution in [-0.4, -0.2) is 29.9 Å². The van der Waals surface area contributed by atoms with Gasteiger partial charge in [-0.25, -0.2) is 0 Å².